The van der Waals surface area contributed by atoms with E-state index < -0.39 is 6.09 Å². The van der Waals surface area contributed by atoms with Crippen LogP contribution in [0.1, 0.15) is 46.5 Å². The first-order valence-electron chi connectivity index (χ1n) is 7.59. The molecule has 0 aromatic rings. The lowest BCUT2D eigenvalue weighted by Crippen LogP contribution is -2.46. The highest BCUT2D eigenvalue weighted by Gasteiger charge is 2.28. The van der Waals surface area contributed by atoms with Crippen LogP contribution in [0.5, 0.6) is 0 Å². The summed E-state index contributed by atoms with van der Waals surface area (Å²) in [5.74, 6) is 0.809. The number of hydrogen-bond acceptors (Lipinski definition) is 3. The molecule has 0 bridgehead atoms. The Morgan fingerprint density at radius 3 is 2.35 bits per heavy atom. The quantitative estimate of drug-likeness (QED) is 0.548. The van der Waals surface area contributed by atoms with Crippen LogP contribution in [0.2, 0.25) is 0 Å². The fourth-order valence-corrected chi connectivity index (χ4v) is 2.75. The van der Waals surface area contributed by atoms with E-state index in [0.29, 0.717) is 13.2 Å². The van der Waals surface area contributed by atoms with Gasteiger partial charge in [-0.2, -0.15) is 4.99 Å². The van der Waals surface area contributed by atoms with Crippen LogP contribution in [0.3, 0.4) is 0 Å². The second-order valence-corrected chi connectivity index (χ2v) is 6.58. The van der Waals surface area contributed by atoms with Crippen molar-refractivity contribution in [2.75, 3.05) is 26.3 Å². The zero-order chi connectivity index (χ0) is 14.6. The van der Waals surface area contributed by atoms with Crippen molar-refractivity contribution in [2.24, 2.45) is 10.4 Å². The lowest BCUT2D eigenvalue weighted by molar-refractivity contribution is 0.0638. The summed E-state index contributed by atoms with van der Waals surface area (Å²) in [4.78, 5) is 18.4. The maximum absolute atomic E-state index is 12.0. The van der Waals surface area contributed by atoms with Crippen LogP contribution in [0.4, 0.5) is 4.79 Å². The molecule has 20 heavy (non-hydrogen) atoms. The molecule has 5 heteroatoms. The molecule has 2 fully saturated rings. The van der Waals surface area contributed by atoms with E-state index in [4.69, 9.17) is 9.47 Å². The van der Waals surface area contributed by atoms with Crippen molar-refractivity contribution >= 4 is 11.9 Å². The number of carbonyl (C=O) groups excluding carboxylic acids is 1. The summed E-state index contributed by atoms with van der Waals surface area (Å²) < 4.78 is 10.8. The number of amidine groups is 1. The first-order valence-corrected chi connectivity index (χ1v) is 7.59. The number of carbonyl (C=O) groups is 1. The van der Waals surface area contributed by atoms with E-state index in [0.717, 1.165) is 44.6 Å². The summed E-state index contributed by atoms with van der Waals surface area (Å²) >= 11 is 0. The number of nitrogens with zero attached hydrogens (tertiary/aromatic N) is 2. The first-order chi connectivity index (χ1) is 9.47. The van der Waals surface area contributed by atoms with E-state index >= 15 is 0 Å². The highest BCUT2D eigenvalue weighted by atomic mass is 16.6. The van der Waals surface area contributed by atoms with Crippen molar-refractivity contribution in [3.05, 3.63) is 0 Å². The maximum atomic E-state index is 12.0. The van der Waals surface area contributed by atoms with Crippen molar-refractivity contribution in [2.45, 2.75) is 52.6 Å². The predicted molar refractivity (Wildman–Crippen MR) is 78.0 cm³/mol. The molecular formula is C15H26N2O3. The molecule has 0 radical (unpaired) electrons. The first kappa shape index (κ1) is 15.3. The highest BCUT2D eigenvalue weighted by molar-refractivity contribution is 5.95. The van der Waals surface area contributed by atoms with Gasteiger partial charge in [0.25, 0.3) is 0 Å². The molecule has 0 unspecified atom stereocenters. The Labute approximate surface area is 121 Å². The number of amides is 1. The van der Waals surface area contributed by atoms with Gasteiger partial charge in [0.2, 0.25) is 0 Å². The highest BCUT2D eigenvalue weighted by Crippen LogP contribution is 2.23. The molecule has 1 aliphatic heterocycles. The van der Waals surface area contributed by atoms with Gasteiger partial charge in [-0.15, -0.1) is 0 Å². The van der Waals surface area contributed by atoms with E-state index in [1.807, 2.05) is 0 Å². The third kappa shape index (κ3) is 4.20. The lowest BCUT2D eigenvalue weighted by atomic mass is 9.93. The molecule has 2 aliphatic rings. The molecular weight excluding hydrogens is 256 g/mol. The topological polar surface area (TPSA) is 51.1 Å². The zero-order valence-corrected chi connectivity index (χ0v) is 12.9. The fourth-order valence-electron chi connectivity index (χ4n) is 2.75. The maximum Gasteiger partial charge on any atom is 0.435 e. The van der Waals surface area contributed by atoms with Crippen molar-refractivity contribution in [1.82, 2.24) is 4.90 Å². The lowest BCUT2D eigenvalue weighted by Gasteiger charge is -2.35. The molecule has 1 amide bonds. The summed E-state index contributed by atoms with van der Waals surface area (Å²) in [6, 6.07) is 0. The molecule has 5 nitrogen and oxygen atoms in total. The summed E-state index contributed by atoms with van der Waals surface area (Å²) in [5.41, 5.74) is -0.175. The monoisotopic (exact) mass is 282 g/mol. The third-order valence-electron chi connectivity index (χ3n) is 3.75. The van der Waals surface area contributed by atoms with E-state index in [1.165, 1.54) is 0 Å². The van der Waals surface area contributed by atoms with E-state index in [9.17, 15) is 4.79 Å². The molecule has 1 saturated heterocycles. The van der Waals surface area contributed by atoms with Crippen LogP contribution in [-0.2, 0) is 9.47 Å². The van der Waals surface area contributed by atoms with Gasteiger partial charge in [-0.1, -0.05) is 20.8 Å². The molecule has 2 rings (SSSR count). The molecule has 0 spiro atoms. The standard InChI is InChI=1S/C15H26N2O3/c1-15(2,3)13(17-8-10-19-11-9-17)16-14(18)20-12-6-4-5-7-12/h12H,4-11H2,1-3H3/b16-13-. The van der Waals surface area contributed by atoms with Crippen molar-refractivity contribution in [1.29, 1.82) is 0 Å². The van der Waals surface area contributed by atoms with Crippen molar-refractivity contribution < 1.29 is 14.3 Å². The van der Waals surface area contributed by atoms with Crippen LogP contribution in [0, 0.1) is 5.41 Å². The van der Waals surface area contributed by atoms with E-state index in [2.05, 4.69) is 30.7 Å². The van der Waals surface area contributed by atoms with Gasteiger partial charge in [0.1, 0.15) is 11.9 Å². The minimum atomic E-state index is -0.437. The zero-order valence-electron chi connectivity index (χ0n) is 12.9. The summed E-state index contributed by atoms with van der Waals surface area (Å²) in [6.45, 7) is 9.16. The number of ether oxygens (including phenoxy) is 2. The number of hydrogen-bond donors (Lipinski definition) is 0. The second-order valence-electron chi connectivity index (χ2n) is 6.58. The van der Waals surface area contributed by atoms with Gasteiger partial charge < -0.3 is 14.4 Å². The van der Waals surface area contributed by atoms with Gasteiger partial charge >= 0.3 is 6.09 Å². The summed E-state index contributed by atoms with van der Waals surface area (Å²) in [5, 5.41) is 0. The number of aliphatic imine (C=N–C) groups is 1. The minimum absolute atomic E-state index is 0.0668. The van der Waals surface area contributed by atoms with E-state index in [-0.39, 0.29) is 11.5 Å². The number of rotatable bonds is 1. The van der Waals surface area contributed by atoms with E-state index in [1.54, 1.807) is 0 Å². The Kier molecular flexibility index (Phi) is 5.02. The Bertz CT molecular complexity index is 362. The largest absolute Gasteiger partial charge is 0.445 e. The second kappa shape index (κ2) is 6.57. The van der Waals surface area contributed by atoms with Gasteiger partial charge in [0.15, 0.2) is 0 Å². The predicted octanol–water partition coefficient (Wildman–Crippen LogP) is 2.84. The third-order valence-corrected chi connectivity index (χ3v) is 3.75. The Hall–Kier alpha value is -1.10. The molecule has 0 atom stereocenters. The van der Waals surface area contributed by atoms with Crippen LogP contribution >= 0.6 is 0 Å². The Morgan fingerprint density at radius 2 is 1.80 bits per heavy atom. The molecule has 0 aromatic heterocycles. The van der Waals surface area contributed by atoms with Gasteiger partial charge in [0, 0.05) is 18.5 Å². The Morgan fingerprint density at radius 1 is 1.20 bits per heavy atom. The SMILES string of the molecule is CC(C)(C)/C(=N/C(=O)OC1CCCC1)N1CCOCC1. The summed E-state index contributed by atoms with van der Waals surface area (Å²) in [6.07, 6.45) is 3.88. The van der Waals surface area contributed by atoms with Gasteiger partial charge in [-0.05, 0) is 25.7 Å². The fraction of sp³-hybridized carbons (Fsp3) is 0.867. The van der Waals surface area contributed by atoms with Crippen LogP contribution in [0.25, 0.3) is 0 Å². The van der Waals surface area contributed by atoms with Gasteiger partial charge in [-0.3, -0.25) is 0 Å². The Balaban J connectivity index is 2.04. The van der Waals surface area contributed by atoms with Gasteiger partial charge in [0.05, 0.1) is 13.2 Å². The molecule has 1 saturated carbocycles. The average molecular weight is 282 g/mol. The average Bonchev–Trinajstić information content (AvgIpc) is 2.88. The molecule has 114 valence electrons. The molecule has 1 aliphatic carbocycles. The summed E-state index contributed by atoms with van der Waals surface area (Å²) in [7, 11) is 0. The minimum Gasteiger partial charge on any atom is -0.445 e. The normalized spacial score (nSPS) is 22.1. The smallest absolute Gasteiger partial charge is 0.435 e. The van der Waals surface area contributed by atoms with Crippen molar-refractivity contribution in [3.63, 3.8) is 0 Å². The van der Waals surface area contributed by atoms with Crippen LogP contribution in [-0.4, -0.2) is 49.2 Å². The van der Waals surface area contributed by atoms with Gasteiger partial charge in [-0.25, -0.2) is 4.79 Å². The van der Waals surface area contributed by atoms with Crippen molar-refractivity contribution in [3.8, 4) is 0 Å². The molecule has 0 N–H and O–H groups in total. The van der Waals surface area contributed by atoms with Crippen LogP contribution < -0.4 is 0 Å². The number of morpholine rings is 1. The molecule has 1 heterocycles. The van der Waals surface area contributed by atoms with Crippen LogP contribution in [0.15, 0.2) is 4.99 Å². The molecule has 0 aromatic carbocycles.